The van der Waals surface area contributed by atoms with Crippen molar-refractivity contribution in [3.63, 3.8) is 0 Å². The van der Waals surface area contributed by atoms with E-state index in [2.05, 4.69) is 16.0 Å². The quantitative estimate of drug-likeness (QED) is 0.362. The van der Waals surface area contributed by atoms with Gasteiger partial charge in [-0.1, -0.05) is 69.2 Å². The summed E-state index contributed by atoms with van der Waals surface area (Å²) in [5.74, 6) is 0.421. The minimum Gasteiger partial charge on any atom is -0.489 e. The molecule has 2 aromatic rings. The number of likely N-dealkylation sites (tertiary alicyclic amines) is 1. The summed E-state index contributed by atoms with van der Waals surface area (Å²) in [4.78, 5) is 41.5. The van der Waals surface area contributed by atoms with Crippen molar-refractivity contribution < 1.29 is 19.1 Å². The highest BCUT2D eigenvalue weighted by molar-refractivity contribution is 5.92. The van der Waals surface area contributed by atoms with Gasteiger partial charge in [0.05, 0.1) is 0 Å². The number of hydrogen-bond donors (Lipinski definition) is 3. The van der Waals surface area contributed by atoms with E-state index in [1.165, 1.54) is 0 Å². The first-order chi connectivity index (χ1) is 19.4. The average molecular weight is 549 g/mol. The molecule has 1 aliphatic carbocycles. The highest BCUT2D eigenvalue weighted by atomic mass is 16.5. The van der Waals surface area contributed by atoms with E-state index in [0.29, 0.717) is 32.5 Å². The Labute approximate surface area is 238 Å². The van der Waals surface area contributed by atoms with Crippen LogP contribution in [0.25, 0.3) is 0 Å². The molecule has 1 aliphatic heterocycles. The van der Waals surface area contributed by atoms with Gasteiger partial charge in [0.2, 0.25) is 11.8 Å². The van der Waals surface area contributed by atoms with Gasteiger partial charge in [-0.25, -0.2) is 4.79 Å². The SMILES string of the molecule is CC(C)C[C@H](NC(=O)N1CCCCCC1)C(=O)N[C@@H](Cc1ccc(OCc2ccccc2)cc1)C(=O)NC1CC1. The molecule has 2 aliphatic rings. The van der Waals surface area contributed by atoms with Crippen molar-refractivity contribution in [3.05, 3.63) is 65.7 Å². The number of hydrogen-bond acceptors (Lipinski definition) is 4. The van der Waals surface area contributed by atoms with E-state index in [-0.39, 0.29) is 29.8 Å². The number of rotatable bonds is 12. The molecule has 2 fully saturated rings. The molecule has 0 radical (unpaired) electrons. The van der Waals surface area contributed by atoms with E-state index in [4.69, 9.17) is 4.74 Å². The molecule has 2 atom stereocenters. The molecule has 4 rings (SSSR count). The summed E-state index contributed by atoms with van der Waals surface area (Å²) in [5, 5.41) is 8.97. The zero-order valence-corrected chi connectivity index (χ0v) is 23.9. The molecular weight excluding hydrogens is 504 g/mol. The van der Waals surface area contributed by atoms with Crippen LogP contribution >= 0.6 is 0 Å². The van der Waals surface area contributed by atoms with E-state index in [0.717, 1.165) is 55.4 Å². The fraction of sp³-hybridized carbons (Fsp3) is 0.531. The monoisotopic (exact) mass is 548 g/mol. The van der Waals surface area contributed by atoms with Gasteiger partial charge in [0.25, 0.3) is 0 Å². The van der Waals surface area contributed by atoms with Gasteiger partial charge in [-0.2, -0.15) is 0 Å². The van der Waals surface area contributed by atoms with Crippen molar-refractivity contribution >= 4 is 17.8 Å². The predicted octanol–water partition coefficient (Wildman–Crippen LogP) is 4.57. The summed E-state index contributed by atoms with van der Waals surface area (Å²) >= 11 is 0. The van der Waals surface area contributed by atoms with Crippen LogP contribution in [0, 0.1) is 5.92 Å². The van der Waals surface area contributed by atoms with Gasteiger partial charge >= 0.3 is 6.03 Å². The number of carbonyl (C=O) groups is 3. The van der Waals surface area contributed by atoms with Gasteiger partial charge in [-0.3, -0.25) is 9.59 Å². The second-order valence-corrected chi connectivity index (χ2v) is 11.5. The van der Waals surface area contributed by atoms with Crippen LogP contribution in [-0.4, -0.2) is 54.0 Å². The van der Waals surface area contributed by atoms with Crippen molar-refractivity contribution in [2.75, 3.05) is 13.1 Å². The molecule has 216 valence electrons. The largest absolute Gasteiger partial charge is 0.489 e. The molecule has 1 saturated heterocycles. The molecule has 1 saturated carbocycles. The van der Waals surface area contributed by atoms with Crippen LogP contribution in [0.1, 0.15) is 69.9 Å². The lowest BCUT2D eigenvalue weighted by Gasteiger charge is -2.27. The first-order valence-electron chi connectivity index (χ1n) is 14.8. The molecule has 40 heavy (non-hydrogen) atoms. The van der Waals surface area contributed by atoms with Gasteiger partial charge in [0.1, 0.15) is 24.4 Å². The molecule has 0 aromatic heterocycles. The lowest BCUT2D eigenvalue weighted by molar-refractivity contribution is -0.130. The summed E-state index contributed by atoms with van der Waals surface area (Å²) in [6.07, 6.45) is 6.97. The van der Waals surface area contributed by atoms with E-state index in [1.807, 2.05) is 73.3 Å². The summed E-state index contributed by atoms with van der Waals surface area (Å²) in [7, 11) is 0. The van der Waals surface area contributed by atoms with Gasteiger partial charge in [-0.05, 0) is 61.3 Å². The summed E-state index contributed by atoms with van der Waals surface area (Å²) in [5.41, 5.74) is 2.00. The number of amides is 4. The fourth-order valence-electron chi connectivity index (χ4n) is 4.93. The molecule has 0 spiro atoms. The maximum Gasteiger partial charge on any atom is 0.318 e. The van der Waals surface area contributed by atoms with E-state index in [9.17, 15) is 14.4 Å². The highest BCUT2D eigenvalue weighted by Gasteiger charge is 2.31. The van der Waals surface area contributed by atoms with Crippen molar-refractivity contribution in [1.29, 1.82) is 0 Å². The van der Waals surface area contributed by atoms with Crippen LogP contribution in [0.15, 0.2) is 54.6 Å². The minimum atomic E-state index is -0.742. The van der Waals surface area contributed by atoms with Crippen LogP contribution in [0.4, 0.5) is 4.79 Å². The highest BCUT2D eigenvalue weighted by Crippen LogP contribution is 2.20. The molecule has 2 aromatic carbocycles. The van der Waals surface area contributed by atoms with E-state index >= 15 is 0 Å². The third-order valence-electron chi connectivity index (χ3n) is 7.38. The summed E-state index contributed by atoms with van der Waals surface area (Å²) < 4.78 is 5.89. The fourth-order valence-corrected chi connectivity index (χ4v) is 4.93. The third-order valence-corrected chi connectivity index (χ3v) is 7.38. The Morgan fingerprint density at radius 1 is 0.825 bits per heavy atom. The number of nitrogens with one attached hydrogen (secondary N) is 3. The number of ether oxygens (including phenoxy) is 1. The van der Waals surface area contributed by atoms with Crippen molar-refractivity contribution in [3.8, 4) is 5.75 Å². The van der Waals surface area contributed by atoms with Crippen molar-refractivity contribution in [1.82, 2.24) is 20.9 Å². The molecule has 0 unspecified atom stereocenters. The Morgan fingerprint density at radius 3 is 2.12 bits per heavy atom. The van der Waals surface area contributed by atoms with E-state index in [1.54, 1.807) is 0 Å². The second kappa shape index (κ2) is 14.7. The topological polar surface area (TPSA) is 99.8 Å². The molecule has 3 N–H and O–H groups in total. The summed E-state index contributed by atoms with van der Waals surface area (Å²) in [6.45, 7) is 5.94. The van der Waals surface area contributed by atoms with Gasteiger partial charge in [0, 0.05) is 25.6 Å². The number of urea groups is 1. The third kappa shape index (κ3) is 9.57. The number of nitrogens with zero attached hydrogens (tertiary/aromatic N) is 1. The molecule has 0 bridgehead atoms. The van der Waals surface area contributed by atoms with Crippen molar-refractivity contribution in [2.45, 2.75) is 89.9 Å². The molecular formula is C32H44N4O4. The number of benzene rings is 2. The van der Waals surface area contributed by atoms with Gasteiger partial charge in [0.15, 0.2) is 0 Å². The Bertz CT molecular complexity index is 1090. The molecule has 4 amide bonds. The van der Waals surface area contributed by atoms with Gasteiger partial charge < -0.3 is 25.6 Å². The Kier molecular flexibility index (Phi) is 10.8. The van der Waals surface area contributed by atoms with Crippen LogP contribution in [0.3, 0.4) is 0 Å². The standard InChI is InChI=1S/C32H44N4O4/c1-23(2)20-28(35-32(39)36-18-8-3-4-9-19-36)31(38)34-29(30(37)33-26-14-15-26)21-24-12-16-27(17-13-24)40-22-25-10-6-5-7-11-25/h5-7,10-13,16-17,23,26,28-29H,3-4,8-9,14-15,18-22H2,1-2H3,(H,33,37)(H,34,38)(H,35,39)/t28-,29-/m0/s1. The maximum atomic E-state index is 13.5. The zero-order valence-electron chi connectivity index (χ0n) is 23.9. The summed E-state index contributed by atoms with van der Waals surface area (Å²) in [6, 6.07) is 16.1. The molecule has 1 heterocycles. The lowest BCUT2D eigenvalue weighted by atomic mass is 10.0. The second-order valence-electron chi connectivity index (χ2n) is 11.5. The van der Waals surface area contributed by atoms with E-state index < -0.39 is 12.1 Å². The zero-order chi connectivity index (χ0) is 28.3. The molecule has 8 heteroatoms. The Balaban J connectivity index is 1.39. The lowest BCUT2D eigenvalue weighted by Crippen LogP contribution is -2.56. The Morgan fingerprint density at radius 2 is 1.50 bits per heavy atom. The normalized spacial score (nSPS) is 16.9. The van der Waals surface area contributed by atoms with Crippen LogP contribution in [-0.2, 0) is 22.6 Å². The van der Waals surface area contributed by atoms with Crippen LogP contribution < -0.4 is 20.7 Å². The average Bonchev–Trinajstić information content (AvgIpc) is 3.79. The molecule has 8 nitrogen and oxygen atoms in total. The first-order valence-corrected chi connectivity index (χ1v) is 14.8. The minimum absolute atomic E-state index is 0.176. The van der Waals surface area contributed by atoms with Crippen LogP contribution in [0.5, 0.6) is 5.75 Å². The van der Waals surface area contributed by atoms with Crippen molar-refractivity contribution in [2.24, 2.45) is 5.92 Å². The van der Waals surface area contributed by atoms with Gasteiger partial charge in [-0.15, -0.1) is 0 Å². The number of carbonyl (C=O) groups excluding carboxylic acids is 3. The Hall–Kier alpha value is -3.55. The smallest absolute Gasteiger partial charge is 0.318 e. The predicted molar refractivity (Wildman–Crippen MR) is 156 cm³/mol. The first kappa shape index (κ1) is 29.4. The van der Waals surface area contributed by atoms with Crippen LogP contribution in [0.2, 0.25) is 0 Å². The maximum absolute atomic E-state index is 13.5.